The standard InChI is InChI=1S/C79H102N18O19S2/c1-42(81)67(103)85-38-64(102)86-61-40-117-118-41-62(79(115)116)95-75(111)60(39-98)94-78(114)66(44(3)100)97-74(110)57(33-47-21-11-6-12-22-47)93-77(113)65(43(2)99)96-68(104)53(25-15-16-30-80)87-72(108)58(35-49-37-84-52-24-14-13-23-51(49)52)91-70(106)55(32-46-19-9-5-10-20-46)88-69(105)54(31-45-17-7-4-8-18-45)89-73(109)59(36-63(83)101)92-71(107)56(90-76(61)112)34-48-26-28-50(82)29-27-48/h4-14,17-24,26-29,37,42-44,53-62,65-66,84,98-100H,15-16,25,30-36,38-41,80-82H2,1-3H3,(H2,83,101)(H,85,103)(H,86,102)(H,87,108)(H,88,105)(H,89,109)(H,90,112)(H,91,106)(H,92,107)(H,93,113)(H,94,114)(H,95,111)(H,96,104)(H,97,110)(H,115,116)/t42-,43+,44+,53-,54-,55-,56-,57-,58+,59-,60-,61-,62-,65-,66-/m0/s1. The molecule has 1 aromatic heterocycles. The molecule has 1 aliphatic rings. The molecule has 26 N–H and O–H groups in total. The monoisotopic (exact) mass is 1670 g/mol. The van der Waals surface area contributed by atoms with Crippen LogP contribution in [0.2, 0.25) is 0 Å². The minimum atomic E-state index is -1.99. The number of hydrogen-bond acceptors (Lipinski definition) is 23. The fourth-order valence-corrected chi connectivity index (χ4v) is 14.6. The van der Waals surface area contributed by atoms with Crippen LogP contribution in [0.1, 0.15) is 74.3 Å². The van der Waals surface area contributed by atoms with Crippen molar-refractivity contribution in [2.75, 3.05) is 36.9 Å². The maximum absolute atomic E-state index is 15.4. The Bertz CT molecular complexity index is 4450. The average molecular weight is 1670 g/mol. The average Bonchev–Trinajstić information content (AvgIpc) is 1.65. The second kappa shape index (κ2) is 46.7. The fourth-order valence-electron chi connectivity index (χ4n) is 12.3. The van der Waals surface area contributed by atoms with Crippen molar-refractivity contribution in [3.05, 3.63) is 174 Å². The molecule has 37 nitrogen and oxygen atoms in total. The summed E-state index contributed by atoms with van der Waals surface area (Å²) in [5.41, 5.74) is 26.5. The van der Waals surface area contributed by atoms with Crippen molar-refractivity contribution in [2.24, 2.45) is 17.2 Å². The van der Waals surface area contributed by atoms with Gasteiger partial charge in [-0.2, -0.15) is 0 Å². The van der Waals surface area contributed by atoms with E-state index >= 15 is 19.2 Å². The quantitative estimate of drug-likeness (QED) is 0.0155. The van der Waals surface area contributed by atoms with Gasteiger partial charge in [-0.05, 0) is 92.6 Å². The summed E-state index contributed by atoms with van der Waals surface area (Å²) in [5.74, 6) is -18.0. The number of para-hydroxylation sites is 1. The van der Waals surface area contributed by atoms with Crippen molar-refractivity contribution < 1.29 is 92.3 Å². The van der Waals surface area contributed by atoms with E-state index in [0.29, 0.717) is 50.8 Å². The van der Waals surface area contributed by atoms with Crippen LogP contribution < -0.4 is 92.1 Å². The van der Waals surface area contributed by atoms with Gasteiger partial charge in [0, 0.05) is 66.4 Å². The van der Waals surface area contributed by atoms with Crippen molar-refractivity contribution in [3.8, 4) is 0 Å². The smallest absolute Gasteiger partial charge is 0.327 e. The van der Waals surface area contributed by atoms with E-state index in [-0.39, 0.29) is 45.1 Å². The molecular weight excluding hydrogens is 1570 g/mol. The number of carboxylic acids is 1. The van der Waals surface area contributed by atoms with E-state index in [0.717, 1.165) is 35.4 Å². The molecule has 0 saturated carbocycles. The normalized spacial score (nSPS) is 23.4. The van der Waals surface area contributed by atoms with Crippen LogP contribution in [-0.4, -0.2) is 236 Å². The SMILES string of the molecule is C[C@H](N)C(=O)NCC(=O)N[C@H]1CSSC[C@@H](C(=O)O)NC(=O)[C@H](CO)NC(=O)[C@H]([C@@H](C)O)NC(=O)[C@H](Cc2ccccc2)NC(=O)[C@H]([C@@H](C)O)NC(=O)[C@H](CCCCN)NC(=O)[C@@H](Cc2c[nH]c3ccccc23)NC(=O)[C@H](Cc2ccccc2)NC(=O)[C@H](Cc2ccccc2)NC(=O)[C@H](CC(N)=O)NC(=O)[C@H](Cc2ccc(N)cc2)NC1=O. The number of nitrogen functional groups attached to an aromatic ring is 1. The topological polar surface area (TPSA) is 613 Å². The number of fused-ring (bicyclic) bond motifs is 1. The molecule has 1 aliphatic heterocycles. The van der Waals surface area contributed by atoms with Gasteiger partial charge in [0.25, 0.3) is 0 Å². The molecule has 118 heavy (non-hydrogen) atoms. The Kier molecular flexibility index (Phi) is 36.8. The number of aliphatic carboxylic acids is 1. The number of carbonyl (C=O) groups is 15. The van der Waals surface area contributed by atoms with Crippen LogP contribution in [0.3, 0.4) is 0 Å². The number of aromatic amines is 1. The maximum atomic E-state index is 15.4. The molecule has 39 heteroatoms. The van der Waals surface area contributed by atoms with Crippen LogP contribution in [0.5, 0.6) is 0 Å². The summed E-state index contributed by atoms with van der Waals surface area (Å²) in [7, 11) is 1.47. The third-order valence-corrected chi connectivity index (χ3v) is 21.2. The zero-order valence-electron chi connectivity index (χ0n) is 65.0. The molecule has 0 aliphatic carbocycles. The molecule has 15 atom stereocenters. The Hall–Kier alpha value is -12.0. The van der Waals surface area contributed by atoms with Crippen molar-refractivity contribution >= 4 is 127 Å². The number of aliphatic hydroxyl groups excluding tert-OH is 3. The van der Waals surface area contributed by atoms with Crippen molar-refractivity contribution in [2.45, 2.75) is 169 Å². The van der Waals surface area contributed by atoms with E-state index < -0.39 is 217 Å². The van der Waals surface area contributed by atoms with E-state index in [4.69, 9.17) is 22.9 Å². The zero-order valence-corrected chi connectivity index (χ0v) is 66.6. The first-order valence-electron chi connectivity index (χ1n) is 37.9. The second-order valence-corrected chi connectivity index (χ2v) is 30.8. The molecule has 1 fully saturated rings. The van der Waals surface area contributed by atoms with Crippen molar-refractivity contribution in [3.63, 3.8) is 0 Å². The van der Waals surface area contributed by atoms with Crippen LogP contribution in [0.15, 0.2) is 146 Å². The van der Waals surface area contributed by atoms with Crippen LogP contribution in [0.25, 0.3) is 10.9 Å². The highest BCUT2D eigenvalue weighted by Gasteiger charge is 2.40. The number of carboxylic acid groups (broad SMARTS) is 1. The highest BCUT2D eigenvalue weighted by Crippen LogP contribution is 2.25. The number of H-pyrrole nitrogens is 1. The largest absolute Gasteiger partial charge is 0.480 e. The number of hydrogen-bond donors (Lipinski definition) is 22. The molecule has 2 heterocycles. The van der Waals surface area contributed by atoms with Gasteiger partial charge in [0.15, 0.2) is 0 Å². The Morgan fingerprint density at radius 2 is 0.873 bits per heavy atom. The first-order valence-corrected chi connectivity index (χ1v) is 40.4. The number of carbonyl (C=O) groups excluding carboxylic acids is 14. The predicted molar refractivity (Wildman–Crippen MR) is 437 cm³/mol. The number of primary amides is 1. The molecule has 634 valence electrons. The van der Waals surface area contributed by atoms with Gasteiger partial charge in [0.1, 0.15) is 72.5 Å². The summed E-state index contributed by atoms with van der Waals surface area (Å²) in [6.45, 7) is 1.74. The van der Waals surface area contributed by atoms with Gasteiger partial charge < -0.3 is 117 Å². The summed E-state index contributed by atoms with van der Waals surface area (Å²) in [5, 5.41) is 76.3. The Morgan fingerprint density at radius 1 is 0.475 bits per heavy atom. The summed E-state index contributed by atoms with van der Waals surface area (Å²) in [6.07, 6.45) is -4.19. The highest BCUT2D eigenvalue weighted by molar-refractivity contribution is 8.76. The summed E-state index contributed by atoms with van der Waals surface area (Å²) in [4.78, 5) is 218. The van der Waals surface area contributed by atoms with Crippen LogP contribution in [0, 0.1) is 0 Å². The molecule has 0 bridgehead atoms. The third-order valence-electron chi connectivity index (χ3n) is 18.7. The number of unbranched alkanes of at least 4 members (excludes halogenated alkanes) is 1. The minimum absolute atomic E-state index is 0.126. The van der Waals surface area contributed by atoms with E-state index in [1.807, 2.05) is 0 Å². The van der Waals surface area contributed by atoms with Crippen molar-refractivity contribution in [1.29, 1.82) is 0 Å². The molecule has 0 radical (unpaired) electrons. The van der Waals surface area contributed by atoms with Gasteiger partial charge in [-0.1, -0.05) is 143 Å². The van der Waals surface area contributed by atoms with E-state index in [1.165, 1.54) is 31.2 Å². The number of aliphatic hydroxyl groups is 3. The lowest BCUT2D eigenvalue weighted by molar-refractivity contribution is -0.142. The number of benzene rings is 5. The molecular formula is C79H102N18O19S2. The summed E-state index contributed by atoms with van der Waals surface area (Å²) in [6, 6.07) is 15.2. The third kappa shape index (κ3) is 29.6. The number of nitrogens with two attached hydrogens (primary N) is 4. The van der Waals surface area contributed by atoms with Crippen LogP contribution in [0.4, 0.5) is 5.69 Å². The minimum Gasteiger partial charge on any atom is -0.480 e. The second-order valence-electron chi connectivity index (χ2n) is 28.3. The van der Waals surface area contributed by atoms with Crippen LogP contribution in [-0.2, 0) is 104 Å². The molecule has 6 aromatic rings. The van der Waals surface area contributed by atoms with Gasteiger partial charge >= 0.3 is 5.97 Å². The molecule has 0 unspecified atom stereocenters. The number of anilines is 1. The lowest BCUT2D eigenvalue weighted by Gasteiger charge is -2.29. The molecule has 0 spiro atoms. The predicted octanol–water partition coefficient (Wildman–Crippen LogP) is -4.22. The maximum Gasteiger partial charge on any atom is 0.327 e. The van der Waals surface area contributed by atoms with E-state index in [9.17, 15) is 73.2 Å². The summed E-state index contributed by atoms with van der Waals surface area (Å²) < 4.78 is 0. The first kappa shape index (κ1) is 93.2. The van der Waals surface area contributed by atoms with Crippen molar-refractivity contribution in [1.82, 2.24) is 74.1 Å². The van der Waals surface area contributed by atoms with E-state index in [1.54, 1.807) is 121 Å². The van der Waals surface area contributed by atoms with Gasteiger partial charge in [0.05, 0.1) is 37.8 Å². The number of aromatic nitrogens is 1. The molecule has 14 amide bonds. The lowest BCUT2D eigenvalue weighted by atomic mass is 10.00. The van der Waals surface area contributed by atoms with E-state index in [2.05, 4.69) is 74.1 Å². The fraction of sp³-hybridized carbons (Fsp3) is 0.405. The Balaban J connectivity index is 1.33. The van der Waals surface area contributed by atoms with Crippen LogP contribution >= 0.6 is 21.6 Å². The van der Waals surface area contributed by atoms with Gasteiger partial charge in [-0.25, -0.2) is 4.79 Å². The number of amides is 14. The van der Waals surface area contributed by atoms with Gasteiger partial charge in [-0.3, -0.25) is 67.1 Å². The Morgan fingerprint density at radius 3 is 1.34 bits per heavy atom. The zero-order chi connectivity index (χ0) is 86.1. The molecule has 1 saturated heterocycles. The van der Waals surface area contributed by atoms with Gasteiger partial charge in [-0.15, -0.1) is 0 Å². The number of rotatable bonds is 24. The Labute approximate surface area is 686 Å². The highest BCUT2D eigenvalue weighted by atomic mass is 33.1. The molecule has 5 aromatic carbocycles. The molecule has 7 rings (SSSR count). The lowest BCUT2D eigenvalue weighted by Crippen LogP contribution is -2.63. The number of nitrogens with one attached hydrogen (secondary N) is 14. The summed E-state index contributed by atoms with van der Waals surface area (Å²) >= 11 is 0. The van der Waals surface area contributed by atoms with Gasteiger partial charge in [0.2, 0.25) is 82.7 Å². The first-order chi connectivity index (χ1) is 56.3.